The molecule has 0 N–H and O–H groups in total. The largest absolute Gasteiger partial charge is 0.218 e. The van der Waals surface area contributed by atoms with Crippen LogP contribution >= 0.6 is 47.8 Å². The molecule has 0 fully saturated rings. The van der Waals surface area contributed by atoms with Crippen molar-refractivity contribution in [2.24, 2.45) is 0 Å². The zero-order valence-corrected chi connectivity index (χ0v) is 14.5. The molecule has 0 atom stereocenters. The van der Waals surface area contributed by atoms with Crippen LogP contribution in [0.25, 0.3) is 0 Å². The number of hydrogen-bond donors (Lipinski definition) is 0. The molecule has 0 amide bonds. The van der Waals surface area contributed by atoms with Crippen LogP contribution in [0.1, 0.15) is 0 Å². The molecule has 2 nitrogen and oxygen atoms in total. The molecule has 0 saturated heterocycles. The zero-order chi connectivity index (χ0) is 13.3. The Balaban J connectivity index is 2.58. The van der Waals surface area contributed by atoms with Crippen LogP contribution in [0.5, 0.6) is 0 Å². The van der Waals surface area contributed by atoms with Crippen LogP contribution in [0.15, 0.2) is 65.7 Å². The summed E-state index contributed by atoms with van der Waals surface area (Å²) in [5, 5.41) is 0. The Morgan fingerprint density at radius 2 is 1.33 bits per heavy atom. The van der Waals surface area contributed by atoms with Crippen molar-refractivity contribution in [3.63, 3.8) is 0 Å². The van der Waals surface area contributed by atoms with Gasteiger partial charge < -0.3 is 0 Å². The van der Waals surface area contributed by atoms with Crippen LogP contribution in [-0.4, -0.2) is 8.42 Å². The molecule has 2 aromatic carbocycles. The molecule has 0 aromatic heterocycles. The van der Waals surface area contributed by atoms with Crippen LogP contribution in [0, 0.1) is 0 Å². The standard InChI is InChI=1S/C12H7Br3O2S/c13-8-1-4-10(5-2-8)18(16,17)12-6-3-9(14)7-11(12)15/h1-7H. The summed E-state index contributed by atoms with van der Waals surface area (Å²) in [6, 6.07) is 11.6. The van der Waals surface area contributed by atoms with E-state index < -0.39 is 9.84 Å². The number of hydrogen-bond acceptors (Lipinski definition) is 2. The monoisotopic (exact) mass is 452 g/mol. The highest BCUT2D eigenvalue weighted by atomic mass is 79.9. The van der Waals surface area contributed by atoms with Gasteiger partial charge in [-0.15, -0.1) is 0 Å². The van der Waals surface area contributed by atoms with E-state index in [-0.39, 0.29) is 9.79 Å². The number of rotatable bonds is 2. The Kier molecular flexibility index (Phi) is 4.31. The van der Waals surface area contributed by atoms with Crippen LogP contribution in [0.4, 0.5) is 0 Å². The number of benzene rings is 2. The van der Waals surface area contributed by atoms with Crippen molar-refractivity contribution in [3.05, 3.63) is 55.9 Å². The van der Waals surface area contributed by atoms with Gasteiger partial charge in [-0.05, 0) is 58.4 Å². The van der Waals surface area contributed by atoms with Crippen LogP contribution in [-0.2, 0) is 9.84 Å². The maximum Gasteiger partial charge on any atom is 0.207 e. The summed E-state index contributed by atoms with van der Waals surface area (Å²) in [4.78, 5) is 0.529. The lowest BCUT2D eigenvalue weighted by molar-refractivity contribution is 0.595. The van der Waals surface area contributed by atoms with Gasteiger partial charge in [0.2, 0.25) is 9.84 Å². The highest BCUT2D eigenvalue weighted by molar-refractivity contribution is 9.11. The van der Waals surface area contributed by atoms with Gasteiger partial charge in [-0.3, -0.25) is 0 Å². The lowest BCUT2D eigenvalue weighted by Crippen LogP contribution is -2.02. The molecule has 6 heteroatoms. The lowest BCUT2D eigenvalue weighted by atomic mass is 10.4. The third-order valence-corrected chi connectivity index (χ3v) is 6.08. The van der Waals surface area contributed by atoms with Crippen LogP contribution in [0.3, 0.4) is 0 Å². The fraction of sp³-hybridized carbons (Fsp3) is 0. The Hall–Kier alpha value is -0.170. The maximum absolute atomic E-state index is 12.4. The molecule has 2 rings (SSSR count). The van der Waals surface area contributed by atoms with Crippen molar-refractivity contribution in [1.82, 2.24) is 0 Å². The van der Waals surface area contributed by atoms with Crippen molar-refractivity contribution in [2.75, 3.05) is 0 Å². The van der Waals surface area contributed by atoms with Gasteiger partial charge in [0.15, 0.2) is 0 Å². The molecule has 0 spiro atoms. The molecular formula is C12H7Br3O2S. The minimum atomic E-state index is -3.49. The van der Waals surface area contributed by atoms with Gasteiger partial charge in [-0.1, -0.05) is 31.9 Å². The van der Waals surface area contributed by atoms with E-state index in [2.05, 4.69) is 47.8 Å². The summed E-state index contributed by atoms with van der Waals surface area (Å²) in [6.45, 7) is 0. The Morgan fingerprint density at radius 1 is 0.778 bits per heavy atom. The third-order valence-electron chi connectivity index (χ3n) is 2.31. The van der Waals surface area contributed by atoms with Crippen molar-refractivity contribution in [3.8, 4) is 0 Å². The van der Waals surface area contributed by atoms with Gasteiger partial charge in [0, 0.05) is 13.4 Å². The molecule has 94 valence electrons. The van der Waals surface area contributed by atoms with E-state index >= 15 is 0 Å². The minimum absolute atomic E-state index is 0.257. The van der Waals surface area contributed by atoms with E-state index in [0.29, 0.717) is 4.47 Å². The Labute approximate surface area is 131 Å². The van der Waals surface area contributed by atoms with Crippen LogP contribution in [0.2, 0.25) is 0 Å². The molecule has 0 saturated carbocycles. The fourth-order valence-electron chi connectivity index (χ4n) is 1.43. The summed E-state index contributed by atoms with van der Waals surface area (Å²) in [7, 11) is -3.49. The maximum atomic E-state index is 12.4. The van der Waals surface area contributed by atoms with E-state index in [4.69, 9.17) is 0 Å². The first-order valence-corrected chi connectivity index (χ1v) is 8.73. The van der Waals surface area contributed by atoms with Gasteiger partial charge >= 0.3 is 0 Å². The smallest absolute Gasteiger partial charge is 0.207 e. The first-order valence-electron chi connectivity index (χ1n) is 4.87. The molecule has 0 heterocycles. The molecular weight excluding hydrogens is 448 g/mol. The summed E-state index contributed by atoms with van der Waals surface area (Å²) < 4.78 is 27.0. The van der Waals surface area contributed by atoms with Crippen LogP contribution < -0.4 is 0 Å². The van der Waals surface area contributed by atoms with Gasteiger partial charge in [-0.2, -0.15) is 0 Å². The quantitative estimate of drug-likeness (QED) is 0.652. The predicted octanol–water partition coefficient (Wildman–Crippen LogP) is 4.81. The Morgan fingerprint density at radius 3 is 1.89 bits per heavy atom. The molecule has 0 aliphatic heterocycles. The van der Waals surface area contributed by atoms with Crippen molar-refractivity contribution in [1.29, 1.82) is 0 Å². The zero-order valence-electron chi connectivity index (χ0n) is 8.90. The average Bonchev–Trinajstić information content (AvgIpc) is 2.29. The fourth-order valence-corrected chi connectivity index (χ4v) is 4.70. The third kappa shape index (κ3) is 2.87. The number of halogens is 3. The van der Waals surface area contributed by atoms with Crippen molar-refractivity contribution >= 4 is 57.6 Å². The summed E-state index contributed by atoms with van der Waals surface area (Å²) in [6.07, 6.45) is 0. The molecule has 0 bridgehead atoms. The first kappa shape index (κ1) is 14.2. The van der Waals surface area contributed by atoms with E-state index in [1.54, 1.807) is 42.5 Å². The van der Waals surface area contributed by atoms with Crippen molar-refractivity contribution in [2.45, 2.75) is 9.79 Å². The SMILES string of the molecule is O=S(=O)(c1ccc(Br)cc1)c1ccc(Br)cc1Br. The molecule has 18 heavy (non-hydrogen) atoms. The predicted molar refractivity (Wildman–Crippen MR) is 81.4 cm³/mol. The topological polar surface area (TPSA) is 34.1 Å². The second-order valence-electron chi connectivity index (χ2n) is 3.53. The van der Waals surface area contributed by atoms with Gasteiger partial charge in [0.05, 0.1) is 9.79 Å². The molecule has 0 aliphatic carbocycles. The van der Waals surface area contributed by atoms with E-state index in [1.807, 2.05) is 0 Å². The highest BCUT2D eigenvalue weighted by Gasteiger charge is 2.20. The van der Waals surface area contributed by atoms with E-state index in [0.717, 1.165) is 8.95 Å². The normalized spacial score (nSPS) is 11.5. The first-order chi connectivity index (χ1) is 8.41. The highest BCUT2D eigenvalue weighted by Crippen LogP contribution is 2.30. The van der Waals surface area contributed by atoms with Gasteiger partial charge in [0.25, 0.3) is 0 Å². The summed E-state index contributed by atoms with van der Waals surface area (Å²) in [5.74, 6) is 0. The van der Waals surface area contributed by atoms with Crippen molar-refractivity contribution < 1.29 is 8.42 Å². The molecule has 0 unspecified atom stereocenters. The van der Waals surface area contributed by atoms with Gasteiger partial charge in [0.1, 0.15) is 0 Å². The van der Waals surface area contributed by atoms with E-state index in [9.17, 15) is 8.42 Å². The molecule has 0 radical (unpaired) electrons. The second-order valence-corrected chi connectivity index (χ2v) is 8.14. The molecule has 2 aromatic rings. The summed E-state index contributed by atoms with van der Waals surface area (Å²) >= 11 is 9.86. The Bertz CT molecular complexity index is 679. The lowest BCUT2D eigenvalue weighted by Gasteiger charge is -2.07. The average molecular weight is 455 g/mol. The minimum Gasteiger partial charge on any atom is -0.218 e. The number of sulfone groups is 1. The molecule has 0 aliphatic rings. The van der Waals surface area contributed by atoms with E-state index in [1.165, 1.54) is 0 Å². The second kappa shape index (κ2) is 5.45. The summed E-state index contributed by atoms with van der Waals surface area (Å²) in [5.41, 5.74) is 0. The van der Waals surface area contributed by atoms with Gasteiger partial charge in [-0.25, -0.2) is 8.42 Å².